The van der Waals surface area contributed by atoms with Crippen LogP contribution in [0, 0.1) is 6.92 Å². The van der Waals surface area contributed by atoms with Crippen LogP contribution in [0.1, 0.15) is 11.4 Å². The van der Waals surface area contributed by atoms with Crippen molar-refractivity contribution in [2.24, 2.45) is 7.05 Å². The first-order valence-corrected chi connectivity index (χ1v) is 6.42. The van der Waals surface area contributed by atoms with E-state index < -0.39 is 0 Å². The highest BCUT2D eigenvalue weighted by Crippen LogP contribution is 2.21. The lowest BCUT2D eigenvalue weighted by Crippen LogP contribution is -2.05. The van der Waals surface area contributed by atoms with Gasteiger partial charge in [0.15, 0.2) is 0 Å². The first kappa shape index (κ1) is 12.5. The standard InChI is InChI=1S/C12H13BrClN3/c1-8-12(14)11(17(2)16-8)7-15-10-5-3-4-9(13)6-10/h3-6,15H,7H2,1-2H3. The van der Waals surface area contributed by atoms with E-state index in [9.17, 15) is 0 Å². The van der Waals surface area contributed by atoms with Gasteiger partial charge in [-0.1, -0.05) is 33.6 Å². The molecule has 1 heterocycles. The van der Waals surface area contributed by atoms with E-state index in [2.05, 4.69) is 26.3 Å². The van der Waals surface area contributed by atoms with E-state index in [-0.39, 0.29) is 0 Å². The molecule has 0 radical (unpaired) electrons. The number of nitrogens with one attached hydrogen (secondary N) is 1. The molecule has 0 fully saturated rings. The maximum absolute atomic E-state index is 6.18. The first-order valence-electron chi connectivity index (χ1n) is 5.25. The van der Waals surface area contributed by atoms with Crippen LogP contribution in [0.2, 0.25) is 5.02 Å². The molecule has 2 aromatic rings. The van der Waals surface area contributed by atoms with Crippen LogP contribution in [0.15, 0.2) is 28.7 Å². The molecule has 0 aliphatic heterocycles. The van der Waals surface area contributed by atoms with Crippen LogP contribution in [-0.4, -0.2) is 9.78 Å². The van der Waals surface area contributed by atoms with E-state index >= 15 is 0 Å². The molecule has 0 bridgehead atoms. The van der Waals surface area contributed by atoms with Gasteiger partial charge in [0.05, 0.1) is 23.0 Å². The molecule has 1 aromatic carbocycles. The maximum Gasteiger partial charge on any atom is 0.0865 e. The summed E-state index contributed by atoms with van der Waals surface area (Å²) >= 11 is 9.62. The zero-order valence-electron chi connectivity index (χ0n) is 9.67. The van der Waals surface area contributed by atoms with Crippen molar-refractivity contribution in [3.8, 4) is 0 Å². The molecule has 0 aliphatic carbocycles. The van der Waals surface area contributed by atoms with Gasteiger partial charge in [-0.3, -0.25) is 4.68 Å². The SMILES string of the molecule is Cc1nn(C)c(CNc2cccc(Br)c2)c1Cl. The third-order valence-electron chi connectivity index (χ3n) is 2.55. The summed E-state index contributed by atoms with van der Waals surface area (Å²) in [5, 5.41) is 8.33. The second-order valence-electron chi connectivity index (χ2n) is 3.83. The van der Waals surface area contributed by atoms with E-state index in [1.54, 1.807) is 0 Å². The van der Waals surface area contributed by atoms with Crippen LogP contribution in [-0.2, 0) is 13.6 Å². The van der Waals surface area contributed by atoms with Crippen LogP contribution >= 0.6 is 27.5 Å². The van der Waals surface area contributed by atoms with Crippen molar-refractivity contribution < 1.29 is 0 Å². The van der Waals surface area contributed by atoms with Crippen molar-refractivity contribution in [2.45, 2.75) is 13.5 Å². The summed E-state index contributed by atoms with van der Waals surface area (Å²) in [6.07, 6.45) is 0. The van der Waals surface area contributed by atoms with Crippen molar-refractivity contribution in [2.75, 3.05) is 5.32 Å². The zero-order chi connectivity index (χ0) is 12.4. The molecule has 17 heavy (non-hydrogen) atoms. The number of aromatic nitrogens is 2. The van der Waals surface area contributed by atoms with Gasteiger partial charge in [0, 0.05) is 17.2 Å². The van der Waals surface area contributed by atoms with Crippen molar-refractivity contribution >= 4 is 33.2 Å². The summed E-state index contributed by atoms with van der Waals surface area (Å²) in [4.78, 5) is 0. The lowest BCUT2D eigenvalue weighted by Gasteiger charge is -2.07. The minimum atomic E-state index is 0.659. The van der Waals surface area contributed by atoms with Gasteiger partial charge in [-0.05, 0) is 25.1 Å². The monoisotopic (exact) mass is 313 g/mol. The van der Waals surface area contributed by atoms with Gasteiger partial charge < -0.3 is 5.32 Å². The second kappa shape index (κ2) is 5.10. The average Bonchev–Trinajstić information content (AvgIpc) is 2.51. The van der Waals surface area contributed by atoms with Crippen LogP contribution in [0.5, 0.6) is 0 Å². The Hall–Kier alpha value is -1.000. The number of nitrogens with zero attached hydrogens (tertiary/aromatic N) is 2. The van der Waals surface area contributed by atoms with Gasteiger partial charge in [0.1, 0.15) is 0 Å². The molecule has 1 aromatic heterocycles. The number of aryl methyl sites for hydroxylation is 2. The molecule has 2 rings (SSSR count). The smallest absolute Gasteiger partial charge is 0.0865 e. The molecule has 0 amide bonds. The zero-order valence-corrected chi connectivity index (χ0v) is 12.0. The Kier molecular flexibility index (Phi) is 3.74. The Morgan fingerprint density at radius 1 is 1.47 bits per heavy atom. The third-order valence-corrected chi connectivity index (χ3v) is 3.53. The molecular weight excluding hydrogens is 302 g/mol. The van der Waals surface area contributed by atoms with Crippen molar-refractivity contribution in [3.63, 3.8) is 0 Å². The Morgan fingerprint density at radius 2 is 2.24 bits per heavy atom. The van der Waals surface area contributed by atoms with Crippen LogP contribution in [0.3, 0.4) is 0 Å². The topological polar surface area (TPSA) is 29.9 Å². The summed E-state index contributed by atoms with van der Waals surface area (Å²) in [6, 6.07) is 8.02. The Bertz CT molecular complexity index is 537. The summed E-state index contributed by atoms with van der Waals surface area (Å²) in [5.74, 6) is 0. The summed E-state index contributed by atoms with van der Waals surface area (Å²) < 4.78 is 2.86. The summed E-state index contributed by atoms with van der Waals surface area (Å²) in [7, 11) is 1.90. The molecule has 0 saturated carbocycles. The fraction of sp³-hybridized carbons (Fsp3) is 0.250. The lowest BCUT2D eigenvalue weighted by molar-refractivity contribution is 0.713. The first-order chi connectivity index (χ1) is 8.08. The minimum absolute atomic E-state index is 0.659. The summed E-state index contributed by atoms with van der Waals surface area (Å²) in [5.41, 5.74) is 2.90. The largest absolute Gasteiger partial charge is 0.379 e. The number of anilines is 1. The lowest BCUT2D eigenvalue weighted by atomic mass is 10.3. The number of benzene rings is 1. The number of rotatable bonds is 3. The van der Waals surface area contributed by atoms with Crippen LogP contribution in [0.25, 0.3) is 0 Å². The predicted octanol–water partition coefficient (Wildman–Crippen LogP) is 3.76. The van der Waals surface area contributed by atoms with E-state index in [4.69, 9.17) is 11.6 Å². The molecule has 0 saturated heterocycles. The molecule has 0 aliphatic rings. The highest BCUT2D eigenvalue weighted by molar-refractivity contribution is 9.10. The van der Waals surface area contributed by atoms with Gasteiger partial charge in [-0.25, -0.2) is 0 Å². The molecule has 1 N–H and O–H groups in total. The molecule has 0 atom stereocenters. The summed E-state index contributed by atoms with van der Waals surface area (Å²) in [6.45, 7) is 2.57. The van der Waals surface area contributed by atoms with Gasteiger partial charge in [0.25, 0.3) is 0 Å². The van der Waals surface area contributed by atoms with Crippen LogP contribution in [0.4, 0.5) is 5.69 Å². The minimum Gasteiger partial charge on any atom is -0.379 e. The molecule has 3 nitrogen and oxygen atoms in total. The fourth-order valence-corrected chi connectivity index (χ4v) is 2.28. The highest BCUT2D eigenvalue weighted by atomic mass is 79.9. The van der Waals surface area contributed by atoms with E-state index in [1.807, 2.05) is 42.9 Å². The fourth-order valence-electron chi connectivity index (χ4n) is 1.66. The number of hydrogen-bond acceptors (Lipinski definition) is 2. The molecule has 5 heteroatoms. The molecular formula is C12H13BrClN3. The van der Waals surface area contributed by atoms with Gasteiger partial charge >= 0.3 is 0 Å². The third kappa shape index (κ3) is 2.82. The highest BCUT2D eigenvalue weighted by Gasteiger charge is 2.10. The maximum atomic E-state index is 6.18. The molecule has 0 unspecified atom stereocenters. The Balaban J connectivity index is 2.12. The average molecular weight is 315 g/mol. The quantitative estimate of drug-likeness (QED) is 0.935. The number of halogens is 2. The van der Waals surface area contributed by atoms with Gasteiger partial charge in [-0.15, -0.1) is 0 Å². The second-order valence-corrected chi connectivity index (χ2v) is 5.13. The molecule has 90 valence electrons. The Morgan fingerprint density at radius 3 is 2.82 bits per heavy atom. The van der Waals surface area contributed by atoms with Crippen molar-refractivity contribution in [3.05, 3.63) is 45.1 Å². The predicted molar refractivity (Wildman–Crippen MR) is 74.4 cm³/mol. The van der Waals surface area contributed by atoms with E-state index in [0.29, 0.717) is 6.54 Å². The van der Waals surface area contributed by atoms with E-state index in [0.717, 1.165) is 26.6 Å². The van der Waals surface area contributed by atoms with Crippen molar-refractivity contribution in [1.29, 1.82) is 0 Å². The van der Waals surface area contributed by atoms with Gasteiger partial charge in [0.2, 0.25) is 0 Å². The number of hydrogen-bond donors (Lipinski definition) is 1. The normalized spacial score (nSPS) is 10.6. The van der Waals surface area contributed by atoms with Crippen LogP contribution < -0.4 is 5.32 Å². The van der Waals surface area contributed by atoms with Gasteiger partial charge in [-0.2, -0.15) is 5.10 Å². The Labute approximate surface area is 114 Å². The van der Waals surface area contributed by atoms with Crippen molar-refractivity contribution in [1.82, 2.24) is 9.78 Å². The molecule has 0 spiro atoms. The van der Waals surface area contributed by atoms with E-state index in [1.165, 1.54) is 0 Å².